The molecule has 1 fully saturated rings. The number of carbonyl (C=O) groups is 1. The number of benzene rings is 3. The summed E-state index contributed by atoms with van der Waals surface area (Å²) >= 11 is 0. The van der Waals surface area contributed by atoms with Crippen molar-refractivity contribution in [3.05, 3.63) is 83.9 Å². The summed E-state index contributed by atoms with van der Waals surface area (Å²) in [5.74, 6) is -1.24. The summed E-state index contributed by atoms with van der Waals surface area (Å²) in [6, 6.07) is 19.1. The zero-order valence-electron chi connectivity index (χ0n) is 20.0. The fourth-order valence-electron chi connectivity index (χ4n) is 5.96. The van der Waals surface area contributed by atoms with E-state index >= 15 is 0 Å². The number of ether oxygens (including phenoxy) is 1. The fourth-order valence-corrected chi connectivity index (χ4v) is 9.07. The third-order valence-electron chi connectivity index (χ3n) is 7.60. The van der Waals surface area contributed by atoms with E-state index in [1.165, 1.54) is 31.4 Å². The van der Waals surface area contributed by atoms with Crippen LogP contribution in [-0.2, 0) is 35.6 Å². The van der Waals surface area contributed by atoms with Gasteiger partial charge in [-0.2, -0.15) is 0 Å². The van der Waals surface area contributed by atoms with Crippen molar-refractivity contribution in [2.75, 3.05) is 7.11 Å². The van der Waals surface area contributed by atoms with Crippen molar-refractivity contribution in [3.63, 3.8) is 0 Å². The number of fused-ring (bicyclic) bond motifs is 3. The number of rotatable bonds is 5. The van der Waals surface area contributed by atoms with Crippen LogP contribution in [0.2, 0.25) is 0 Å². The molecule has 5 rings (SSSR count). The van der Waals surface area contributed by atoms with Crippen LogP contribution in [0.1, 0.15) is 42.7 Å². The molecule has 3 aromatic rings. The second-order valence-corrected chi connectivity index (χ2v) is 13.3. The molecule has 6 nitrogen and oxygen atoms in total. The SMILES string of the molecule is COC(=O)[C@H]1Cc2c(S(=O)(=O)c3ccccc3)ccc(S(=O)(=O)c3ccccc3)c2[C@H]2CCCC[C@H]12. The topological polar surface area (TPSA) is 94.6 Å². The Balaban J connectivity index is 1.80. The maximum atomic E-state index is 13.8. The zero-order valence-corrected chi connectivity index (χ0v) is 21.6. The van der Waals surface area contributed by atoms with E-state index in [9.17, 15) is 21.6 Å². The van der Waals surface area contributed by atoms with E-state index < -0.39 is 25.6 Å². The van der Waals surface area contributed by atoms with Crippen LogP contribution in [0.25, 0.3) is 0 Å². The van der Waals surface area contributed by atoms with Crippen molar-refractivity contribution < 1.29 is 26.4 Å². The Labute approximate surface area is 212 Å². The summed E-state index contributed by atoms with van der Waals surface area (Å²) in [6.45, 7) is 0. The predicted molar refractivity (Wildman–Crippen MR) is 134 cm³/mol. The molecular formula is C28H28O6S2. The van der Waals surface area contributed by atoms with E-state index in [0.29, 0.717) is 17.5 Å². The Morgan fingerprint density at radius 2 is 1.28 bits per heavy atom. The van der Waals surface area contributed by atoms with Crippen LogP contribution in [0, 0.1) is 11.8 Å². The smallest absolute Gasteiger partial charge is 0.309 e. The van der Waals surface area contributed by atoms with E-state index in [-0.39, 0.29) is 43.8 Å². The molecule has 3 atom stereocenters. The second-order valence-electron chi connectivity index (χ2n) is 9.48. The van der Waals surface area contributed by atoms with Crippen LogP contribution < -0.4 is 0 Å². The van der Waals surface area contributed by atoms with Gasteiger partial charge in [-0.15, -0.1) is 0 Å². The van der Waals surface area contributed by atoms with Crippen LogP contribution in [-0.4, -0.2) is 29.9 Å². The lowest BCUT2D eigenvalue weighted by molar-refractivity contribution is -0.148. The third-order valence-corrected chi connectivity index (χ3v) is 11.3. The number of hydrogen-bond acceptors (Lipinski definition) is 6. The van der Waals surface area contributed by atoms with Gasteiger partial charge in [-0.3, -0.25) is 4.79 Å². The molecule has 3 aromatic carbocycles. The highest BCUT2D eigenvalue weighted by Crippen LogP contribution is 2.52. The van der Waals surface area contributed by atoms with E-state index in [1.54, 1.807) is 48.5 Å². The van der Waals surface area contributed by atoms with Gasteiger partial charge < -0.3 is 4.74 Å². The molecule has 2 aliphatic carbocycles. The lowest BCUT2D eigenvalue weighted by atomic mass is 9.63. The largest absolute Gasteiger partial charge is 0.469 e. The van der Waals surface area contributed by atoms with Crippen molar-refractivity contribution in [2.24, 2.45) is 11.8 Å². The van der Waals surface area contributed by atoms with Gasteiger partial charge in [0.1, 0.15) is 0 Å². The van der Waals surface area contributed by atoms with Crippen molar-refractivity contribution in [3.8, 4) is 0 Å². The maximum Gasteiger partial charge on any atom is 0.309 e. The minimum atomic E-state index is -3.95. The van der Waals surface area contributed by atoms with Gasteiger partial charge in [0.2, 0.25) is 19.7 Å². The summed E-state index contributed by atoms with van der Waals surface area (Å²) in [5, 5.41) is 0. The zero-order chi connectivity index (χ0) is 25.5. The summed E-state index contributed by atoms with van der Waals surface area (Å²) < 4.78 is 60.4. The van der Waals surface area contributed by atoms with Gasteiger partial charge in [0.15, 0.2) is 0 Å². The lowest BCUT2D eigenvalue weighted by Crippen LogP contribution is -2.38. The molecule has 0 unspecified atom stereocenters. The summed E-state index contributed by atoms with van der Waals surface area (Å²) in [4.78, 5) is 13.4. The highest BCUT2D eigenvalue weighted by atomic mass is 32.2. The number of carbonyl (C=O) groups excluding carboxylic acids is 1. The van der Waals surface area contributed by atoms with E-state index in [2.05, 4.69) is 0 Å². The van der Waals surface area contributed by atoms with Gasteiger partial charge in [0, 0.05) is 0 Å². The summed E-state index contributed by atoms with van der Waals surface area (Å²) in [6.07, 6.45) is 3.41. The van der Waals surface area contributed by atoms with Crippen molar-refractivity contribution in [1.82, 2.24) is 0 Å². The van der Waals surface area contributed by atoms with E-state index in [4.69, 9.17) is 4.74 Å². The van der Waals surface area contributed by atoms with Gasteiger partial charge >= 0.3 is 5.97 Å². The second kappa shape index (κ2) is 9.48. The minimum absolute atomic E-state index is 0.0636. The molecule has 0 aliphatic heterocycles. The van der Waals surface area contributed by atoms with Crippen LogP contribution >= 0.6 is 0 Å². The molecule has 0 saturated heterocycles. The molecule has 0 N–H and O–H groups in total. The first-order chi connectivity index (χ1) is 17.3. The molecule has 0 radical (unpaired) electrons. The van der Waals surface area contributed by atoms with Crippen molar-refractivity contribution >= 4 is 25.6 Å². The fraction of sp³-hybridized carbons (Fsp3) is 0.321. The highest BCUT2D eigenvalue weighted by Gasteiger charge is 2.46. The van der Waals surface area contributed by atoms with Crippen molar-refractivity contribution in [2.45, 2.75) is 57.6 Å². The minimum Gasteiger partial charge on any atom is -0.469 e. The average molecular weight is 525 g/mol. The summed E-state index contributed by atoms with van der Waals surface area (Å²) in [7, 11) is -6.52. The molecule has 0 aromatic heterocycles. The standard InChI is InChI=1S/C28H28O6S2/c1-34-28(29)23-18-24-25(35(30,31)19-10-4-2-5-11-19)16-17-26(27(24)22-15-9-8-14-21(22)23)36(32,33)20-12-6-3-7-13-20/h2-7,10-13,16-17,21-23H,8-9,14-15,18H2,1H3/t21-,22-,23-/m0/s1. The van der Waals surface area contributed by atoms with Crippen LogP contribution in [0.4, 0.5) is 0 Å². The lowest BCUT2D eigenvalue weighted by Gasteiger charge is -2.42. The highest BCUT2D eigenvalue weighted by molar-refractivity contribution is 7.92. The molecule has 2 aliphatic rings. The Hall–Kier alpha value is -2.97. The summed E-state index contributed by atoms with van der Waals surface area (Å²) in [5.41, 5.74) is 0.982. The van der Waals surface area contributed by atoms with Gasteiger partial charge in [0.25, 0.3) is 0 Å². The number of sulfone groups is 2. The molecular weight excluding hydrogens is 496 g/mol. The van der Waals surface area contributed by atoms with Gasteiger partial charge in [-0.1, -0.05) is 49.2 Å². The molecule has 188 valence electrons. The molecule has 0 amide bonds. The molecule has 0 spiro atoms. The normalized spacial score (nSPS) is 21.8. The molecule has 8 heteroatoms. The van der Waals surface area contributed by atoms with Gasteiger partial charge in [-0.25, -0.2) is 16.8 Å². The quantitative estimate of drug-likeness (QED) is 0.438. The monoisotopic (exact) mass is 524 g/mol. The first-order valence-corrected chi connectivity index (χ1v) is 15.1. The number of esters is 1. The molecule has 1 saturated carbocycles. The maximum absolute atomic E-state index is 13.8. The number of methoxy groups -OCH3 is 1. The third kappa shape index (κ3) is 4.06. The van der Waals surface area contributed by atoms with Crippen LogP contribution in [0.15, 0.2) is 92.4 Å². The van der Waals surface area contributed by atoms with Gasteiger partial charge in [-0.05, 0) is 78.6 Å². The number of hydrogen-bond donors (Lipinski definition) is 0. The first kappa shape index (κ1) is 24.7. The van der Waals surface area contributed by atoms with E-state index in [1.807, 2.05) is 0 Å². The van der Waals surface area contributed by atoms with Gasteiger partial charge in [0.05, 0.1) is 32.6 Å². The first-order valence-electron chi connectivity index (χ1n) is 12.1. The Kier molecular flexibility index (Phi) is 6.51. The molecule has 36 heavy (non-hydrogen) atoms. The van der Waals surface area contributed by atoms with Crippen LogP contribution in [0.3, 0.4) is 0 Å². The van der Waals surface area contributed by atoms with E-state index in [0.717, 1.165) is 19.3 Å². The Bertz CT molecular complexity index is 1500. The average Bonchev–Trinajstić information content (AvgIpc) is 2.92. The Morgan fingerprint density at radius 1 is 0.750 bits per heavy atom. The van der Waals surface area contributed by atoms with Crippen molar-refractivity contribution in [1.29, 1.82) is 0 Å². The van der Waals surface area contributed by atoms with Crippen LogP contribution in [0.5, 0.6) is 0 Å². The molecule has 0 bridgehead atoms. The molecule has 0 heterocycles. The Morgan fingerprint density at radius 3 is 1.86 bits per heavy atom. The predicted octanol–water partition coefficient (Wildman–Crippen LogP) is 4.97.